The lowest BCUT2D eigenvalue weighted by atomic mass is 10.2. The maximum Gasteiger partial charge on any atom is 0.259 e. The molecule has 22 heavy (non-hydrogen) atoms. The van der Waals surface area contributed by atoms with Crippen molar-refractivity contribution in [3.8, 4) is 11.4 Å². The van der Waals surface area contributed by atoms with Crippen LogP contribution in [0.2, 0.25) is 0 Å². The van der Waals surface area contributed by atoms with Gasteiger partial charge in [-0.05, 0) is 34.5 Å². The van der Waals surface area contributed by atoms with Crippen molar-refractivity contribution in [2.75, 3.05) is 0 Å². The van der Waals surface area contributed by atoms with E-state index in [4.69, 9.17) is 4.52 Å². The first-order valence-electron chi connectivity index (χ1n) is 6.51. The predicted octanol–water partition coefficient (Wildman–Crippen LogP) is 1.35. The first-order chi connectivity index (χ1) is 10.7. The van der Waals surface area contributed by atoms with E-state index < -0.39 is 0 Å². The molecular weight excluding hydrogens is 304 g/mol. The number of pyridine rings is 1. The minimum atomic E-state index is -0.295. The van der Waals surface area contributed by atoms with E-state index in [9.17, 15) is 9.59 Å². The molecule has 0 unspecified atom stereocenters. The smallest absolute Gasteiger partial charge is 0.259 e. The maximum absolute atomic E-state index is 11.8. The summed E-state index contributed by atoms with van der Waals surface area (Å²) in [7, 11) is 0. The molecule has 0 radical (unpaired) electrons. The second kappa shape index (κ2) is 6.35. The summed E-state index contributed by atoms with van der Waals surface area (Å²) in [6, 6.07) is 5.18. The van der Waals surface area contributed by atoms with Crippen molar-refractivity contribution in [2.24, 2.45) is 0 Å². The molecule has 0 fully saturated rings. The molecular formula is C14H12N4O3S. The summed E-state index contributed by atoms with van der Waals surface area (Å²) < 4.78 is 5.03. The second-order valence-electron chi connectivity index (χ2n) is 4.51. The molecule has 0 saturated carbocycles. The number of aromatic amines is 1. The fraction of sp³-hybridized carbons (Fsp3) is 0.143. The summed E-state index contributed by atoms with van der Waals surface area (Å²) in [4.78, 5) is 30.0. The largest absolute Gasteiger partial charge is 0.347 e. The van der Waals surface area contributed by atoms with Crippen molar-refractivity contribution in [1.29, 1.82) is 0 Å². The van der Waals surface area contributed by atoms with Gasteiger partial charge in [0.25, 0.3) is 5.56 Å². The normalized spacial score (nSPS) is 10.5. The summed E-state index contributed by atoms with van der Waals surface area (Å²) in [6.45, 7) is 0.126. The number of aromatic nitrogens is 3. The summed E-state index contributed by atoms with van der Waals surface area (Å²) >= 11 is 1.54. The zero-order valence-electron chi connectivity index (χ0n) is 11.4. The highest BCUT2D eigenvalue weighted by Crippen LogP contribution is 2.10. The van der Waals surface area contributed by atoms with Crippen LogP contribution in [0, 0.1) is 0 Å². The number of hydrogen-bond acceptors (Lipinski definition) is 6. The molecule has 0 saturated heterocycles. The quantitative estimate of drug-likeness (QED) is 0.740. The van der Waals surface area contributed by atoms with E-state index in [2.05, 4.69) is 20.4 Å². The van der Waals surface area contributed by atoms with Gasteiger partial charge in [0, 0.05) is 6.20 Å². The van der Waals surface area contributed by atoms with Gasteiger partial charge in [-0.1, -0.05) is 5.16 Å². The van der Waals surface area contributed by atoms with Gasteiger partial charge >= 0.3 is 0 Å². The fourth-order valence-corrected chi connectivity index (χ4v) is 2.52. The van der Waals surface area contributed by atoms with E-state index >= 15 is 0 Å². The van der Waals surface area contributed by atoms with Crippen molar-refractivity contribution >= 4 is 17.2 Å². The van der Waals surface area contributed by atoms with Gasteiger partial charge in [0.1, 0.15) is 0 Å². The van der Waals surface area contributed by atoms with Crippen LogP contribution in [-0.2, 0) is 17.8 Å². The van der Waals surface area contributed by atoms with Gasteiger partial charge in [-0.25, -0.2) is 0 Å². The molecule has 0 bridgehead atoms. The van der Waals surface area contributed by atoms with Gasteiger partial charge < -0.3 is 14.8 Å². The number of carbonyl (C=O) groups is 1. The number of carbonyl (C=O) groups excluding carboxylic acids is 1. The first kappa shape index (κ1) is 14.2. The standard InChI is InChI=1S/C14H12N4O3S/c19-11(6-9-3-5-22-8-9)16-7-12-17-13(18-21-12)10-2-1-4-15-14(10)20/h1-5,8H,6-7H2,(H,15,20)(H,16,19). The topological polar surface area (TPSA) is 101 Å². The van der Waals surface area contributed by atoms with Crippen molar-refractivity contribution in [2.45, 2.75) is 13.0 Å². The van der Waals surface area contributed by atoms with Gasteiger partial charge in [0.15, 0.2) is 0 Å². The van der Waals surface area contributed by atoms with Gasteiger partial charge in [0.05, 0.1) is 18.5 Å². The number of thiophene rings is 1. The third-order valence-corrected chi connectivity index (χ3v) is 3.64. The lowest BCUT2D eigenvalue weighted by Gasteiger charge is -2.00. The van der Waals surface area contributed by atoms with Crippen molar-refractivity contribution in [3.05, 3.63) is 57.0 Å². The maximum atomic E-state index is 11.8. The Morgan fingerprint density at radius 3 is 3.09 bits per heavy atom. The molecule has 0 aliphatic rings. The summed E-state index contributed by atoms with van der Waals surface area (Å²) in [6.07, 6.45) is 1.83. The molecule has 0 spiro atoms. The SMILES string of the molecule is O=C(Cc1ccsc1)NCc1nc(-c2ccc[nH]c2=O)no1. The van der Waals surface area contributed by atoms with Crippen LogP contribution in [-0.4, -0.2) is 21.0 Å². The van der Waals surface area contributed by atoms with E-state index in [0.29, 0.717) is 12.0 Å². The Labute approximate surface area is 129 Å². The zero-order chi connectivity index (χ0) is 15.4. The number of amides is 1. The second-order valence-corrected chi connectivity index (χ2v) is 5.29. The summed E-state index contributed by atoms with van der Waals surface area (Å²) in [5.41, 5.74) is 0.989. The first-order valence-corrected chi connectivity index (χ1v) is 7.45. The van der Waals surface area contributed by atoms with Gasteiger partial charge in [0.2, 0.25) is 17.6 Å². The van der Waals surface area contributed by atoms with E-state index in [1.54, 1.807) is 23.5 Å². The van der Waals surface area contributed by atoms with E-state index in [1.807, 2.05) is 16.8 Å². The molecule has 3 heterocycles. The molecule has 7 nitrogen and oxygen atoms in total. The average Bonchev–Trinajstić information content (AvgIpc) is 3.17. The van der Waals surface area contributed by atoms with Crippen LogP contribution in [0.5, 0.6) is 0 Å². The summed E-state index contributed by atoms with van der Waals surface area (Å²) in [5, 5.41) is 10.3. The van der Waals surface area contributed by atoms with E-state index in [-0.39, 0.29) is 29.7 Å². The third kappa shape index (κ3) is 3.29. The Hall–Kier alpha value is -2.74. The zero-order valence-corrected chi connectivity index (χ0v) is 12.2. The Balaban J connectivity index is 1.61. The minimum Gasteiger partial charge on any atom is -0.347 e. The average molecular weight is 316 g/mol. The van der Waals surface area contributed by atoms with E-state index in [0.717, 1.165) is 5.56 Å². The molecule has 0 aliphatic heterocycles. The molecule has 2 N–H and O–H groups in total. The van der Waals surface area contributed by atoms with Crippen LogP contribution >= 0.6 is 11.3 Å². The number of rotatable bonds is 5. The van der Waals surface area contributed by atoms with Gasteiger partial charge in [-0.2, -0.15) is 16.3 Å². The number of H-pyrrole nitrogens is 1. The van der Waals surface area contributed by atoms with Gasteiger partial charge in [-0.3, -0.25) is 9.59 Å². The lowest BCUT2D eigenvalue weighted by Crippen LogP contribution is -2.24. The number of hydrogen-bond donors (Lipinski definition) is 2. The number of nitrogens with zero attached hydrogens (tertiary/aromatic N) is 2. The van der Waals surface area contributed by atoms with Crippen LogP contribution in [0.1, 0.15) is 11.5 Å². The monoisotopic (exact) mass is 316 g/mol. The Kier molecular flexibility index (Phi) is 4.10. The predicted molar refractivity (Wildman–Crippen MR) is 80.2 cm³/mol. The lowest BCUT2D eigenvalue weighted by molar-refractivity contribution is -0.120. The Morgan fingerprint density at radius 1 is 1.41 bits per heavy atom. The molecule has 112 valence electrons. The third-order valence-electron chi connectivity index (χ3n) is 2.91. The van der Waals surface area contributed by atoms with Crippen molar-refractivity contribution in [1.82, 2.24) is 20.4 Å². The Morgan fingerprint density at radius 2 is 2.32 bits per heavy atom. The van der Waals surface area contributed by atoms with Crippen LogP contribution in [0.4, 0.5) is 0 Å². The Bertz CT molecular complexity index is 822. The highest BCUT2D eigenvalue weighted by molar-refractivity contribution is 7.07. The fourth-order valence-electron chi connectivity index (χ4n) is 1.85. The van der Waals surface area contributed by atoms with Gasteiger partial charge in [-0.15, -0.1) is 0 Å². The van der Waals surface area contributed by atoms with Crippen molar-refractivity contribution in [3.63, 3.8) is 0 Å². The molecule has 0 aromatic carbocycles. The van der Waals surface area contributed by atoms with Crippen LogP contribution < -0.4 is 10.9 Å². The van der Waals surface area contributed by atoms with Crippen LogP contribution in [0.25, 0.3) is 11.4 Å². The minimum absolute atomic E-state index is 0.126. The number of nitrogens with one attached hydrogen (secondary N) is 2. The summed E-state index contributed by atoms with van der Waals surface area (Å²) in [5.74, 6) is 0.316. The molecule has 1 amide bonds. The van der Waals surface area contributed by atoms with Crippen LogP contribution in [0.3, 0.4) is 0 Å². The molecule has 0 aliphatic carbocycles. The molecule has 8 heteroatoms. The molecule has 3 rings (SSSR count). The van der Waals surface area contributed by atoms with E-state index in [1.165, 1.54) is 6.20 Å². The molecule has 3 aromatic rings. The van der Waals surface area contributed by atoms with Crippen molar-refractivity contribution < 1.29 is 9.32 Å². The highest BCUT2D eigenvalue weighted by Gasteiger charge is 2.12. The highest BCUT2D eigenvalue weighted by atomic mass is 32.1. The molecule has 0 atom stereocenters. The van der Waals surface area contributed by atoms with Crippen LogP contribution in [0.15, 0.2) is 44.5 Å². The molecule has 3 aromatic heterocycles.